The van der Waals surface area contributed by atoms with Crippen LogP contribution < -0.4 is 4.74 Å². The second-order valence-corrected chi connectivity index (χ2v) is 3.72. The van der Waals surface area contributed by atoms with E-state index >= 15 is 0 Å². The predicted molar refractivity (Wildman–Crippen MR) is 63.3 cm³/mol. The van der Waals surface area contributed by atoms with Crippen LogP contribution in [0.25, 0.3) is 11.4 Å². The molecule has 0 saturated heterocycles. The maximum absolute atomic E-state index is 13.5. The monoisotopic (exact) mass is 250 g/mol. The molecule has 0 N–H and O–H groups in total. The predicted octanol–water partition coefficient (Wildman–Crippen LogP) is 2.99. The van der Waals surface area contributed by atoms with E-state index in [-0.39, 0.29) is 5.82 Å². The third kappa shape index (κ3) is 2.30. The van der Waals surface area contributed by atoms with Gasteiger partial charge >= 0.3 is 0 Å². The van der Waals surface area contributed by atoms with E-state index in [1.54, 1.807) is 0 Å². The number of aromatic nitrogens is 2. The molecular formula is C13H12F2N2O. The van der Waals surface area contributed by atoms with Crippen molar-refractivity contribution in [2.75, 3.05) is 7.11 Å². The largest absolute Gasteiger partial charge is 0.496 e. The Kier molecular flexibility index (Phi) is 3.50. The van der Waals surface area contributed by atoms with Crippen LogP contribution in [0, 0.1) is 11.6 Å². The number of methoxy groups -OCH3 is 1. The van der Waals surface area contributed by atoms with E-state index in [4.69, 9.17) is 4.74 Å². The lowest BCUT2D eigenvalue weighted by Crippen LogP contribution is -1.98. The van der Waals surface area contributed by atoms with Crippen molar-refractivity contribution in [3.05, 3.63) is 41.7 Å². The summed E-state index contributed by atoms with van der Waals surface area (Å²) in [5.74, 6) is -0.173. The molecular weight excluding hydrogens is 238 g/mol. The Balaban J connectivity index is 2.62. The molecule has 0 saturated carbocycles. The fourth-order valence-corrected chi connectivity index (χ4v) is 1.77. The van der Waals surface area contributed by atoms with E-state index in [1.165, 1.54) is 19.2 Å². The van der Waals surface area contributed by atoms with Gasteiger partial charge in [0, 0.05) is 0 Å². The number of halogens is 2. The molecule has 1 heterocycles. The van der Waals surface area contributed by atoms with Crippen molar-refractivity contribution in [3.63, 3.8) is 0 Å². The van der Waals surface area contributed by atoms with Gasteiger partial charge in [0.1, 0.15) is 11.6 Å². The van der Waals surface area contributed by atoms with E-state index in [9.17, 15) is 8.78 Å². The highest BCUT2D eigenvalue weighted by Crippen LogP contribution is 2.32. The third-order valence-corrected chi connectivity index (χ3v) is 2.58. The zero-order valence-corrected chi connectivity index (χ0v) is 10.1. The Morgan fingerprint density at radius 1 is 1.11 bits per heavy atom. The first-order valence-electron chi connectivity index (χ1n) is 5.50. The van der Waals surface area contributed by atoms with Crippen LogP contribution in [0.5, 0.6) is 5.75 Å². The minimum Gasteiger partial charge on any atom is -0.496 e. The van der Waals surface area contributed by atoms with Gasteiger partial charge in [-0.1, -0.05) is 6.92 Å². The molecule has 0 bridgehead atoms. The summed E-state index contributed by atoms with van der Waals surface area (Å²) in [5, 5.41) is 0. The van der Waals surface area contributed by atoms with Crippen LogP contribution in [-0.2, 0) is 6.42 Å². The Labute approximate surface area is 103 Å². The van der Waals surface area contributed by atoms with Crippen LogP contribution in [0.2, 0.25) is 0 Å². The first-order valence-corrected chi connectivity index (χ1v) is 5.50. The highest BCUT2D eigenvalue weighted by Gasteiger charge is 2.14. The smallest absolute Gasteiger partial charge is 0.163 e. The second-order valence-electron chi connectivity index (χ2n) is 3.72. The molecule has 0 aliphatic heterocycles. The number of hydrogen-bond donors (Lipinski definition) is 0. The highest BCUT2D eigenvalue weighted by atomic mass is 19.1. The van der Waals surface area contributed by atoms with Gasteiger partial charge < -0.3 is 4.74 Å². The molecule has 18 heavy (non-hydrogen) atoms. The van der Waals surface area contributed by atoms with Gasteiger partial charge in [-0.05, 0) is 24.1 Å². The summed E-state index contributed by atoms with van der Waals surface area (Å²) in [7, 11) is 1.50. The minimum atomic E-state index is -0.537. The van der Waals surface area contributed by atoms with Crippen molar-refractivity contribution in [1.82, 2.24) is 9.97 Å². The standard InChI is InChI=1S/C13H12F2N2O/c1-3-8-4-9(14)5-11(12(8)18-2)13-16-6-10(15)7-17-13/h4-7H,3H2,1-2H3. The topological polar surface area (TPSA) is 35.0 Å². The first kappa shape index (κ1) is 12.4. The maximum Gasteiger partial charge on any atom is 0.163 e. The summed E-state index contributed by atoms with van der Waals surface area (Å²) in [4.78, 5) is 7.68. The van der Waals surface area contributed by atoms with Gasteiger partial charge in [0.2, 0.25) is 0 Å². The van der Waals surface area contributed by atoms with E-state index in [1.807, 2.05) is 6.92 Å². The summed E-state index contributed by atoms with van der Waals surface area (Å²) >= 11 is 0. The van der Waals surface area contributed by atoms with Gasteiger partial charge in [0.25, 0.3) is 0 Å². The molecule has 0 fully saturated rings. The van der Waals surface area contributed by atoms with Crippen molar-refractivity contribution >= 4 is 0 Å². The number of rotatable bonds is 3. The Hall–Kier alpha value is -2.04. The number of aryl methyl sites for hydroxylation is 1. The average molecular weight is 250 g/mol. The zero-order chi connectivity index (χ0) is 13.1. The number of hydrogen-bond acceptors (Lipinski definition) is 3. The van der Waals surface area contributed by atoms with Crippen molar-refractivity contribution in [2.24, 2.45) is 0 Å². The molecule has 0 spiro atoms. The fourth-order valence-electron chi connectivity index (χ4n) is 1.77. The minimum absolute atomic E-state index is 0.238. The van der Waals surface area contributed by atoms with Gasteiger partial charge in [-0.2, -0.15) is 0 Å². The lowest BCUT2D eigenvalue weighted by molar-refractivity contribution is 0.410. The maximum atomic E-state index is 13.5. The molecule has 0 radical (unpaired) electrons. The summed E-state index contributed by atoms with van der Waals surface area (Å²) in [5.41, 5.74) is 1.15. The van der Waals surface area contributed by atoms with Crippen LogP contribution in [0.4, 0.5) is 8.78 Å². The van der Waals surface area contributed by atoms with E-state index in [0.717, 1.165) is 18.0 Å². The summed E-state index contributed by atoms with van der Waals surface area (Å²) in [6.07, 6.45) is 2.70. The van der Waals surface area contributed by atoms with Gasteiger partial charge in [0.15, 0.2) is 11.6 Å². The number of ether oxygens (including phenoxy) is 1. The molecule has 0 unspecified atom stereocenters. The lowest BCUT2D eigenvalue weighted by atomic mass is 10.1. The second kappa shape index (κ2) is 5.08. The molecule has 3 nitrogen and oxygen atoms in total. The molecule has 0 atom stereocenters. The molecule has 0 aliphatic carbocycles. The Bertz CT molecular complexity index is 556. The normalized spacial score (nSPS) is 10.4. The first-order chi connectivity index (χ1) is 8.65. The van der Waals surface area contributed by atoms with E-state index in [2.05, 4.69) is 9.97 Å². The van der Waals surface area contributed by atoms with Crippen LogP contribution >= 0.6 is 0 Å². The molecule has 2 aromatic rings. The lowest BCUT2D eigenvalue weighted by Gasteiger charge is -2.12. The van der Waals surface area contributed by atoms with Crippen molar-refractivity contribution in [2.45, 2.75) is 13.3 Å². The quantitative estimate of drug-likeness (QED) is 0.840. The van der Waals surface area contributed by atoms with E-state index < -0.39 is 11.6 Å². The number of benzene rings is 1. The number of nitrogens with zero attached hydrogens (tertiary/aromatic N) is 2. The molecule has 2 rings (SSSR count). The SMILES string of the molecule is CCc1cc(F)cc(-c2ncc(F)cn2)c1OC. The Morgan fingerprint density at radius 3 is 2.33 bits per heavy atom. The molecule has 94 valence electrons. The molecule has 1 aromatic carbocycles. The van der Waals surface area contributed by atoms with Gasteiger partial charge in [-0.3, -0.25) is 0 Å². The van der Waals surface area contributed by atoms with Crippen molar-refractivity contribution < 1.29 is 13.5 Å². The van der Waals surface area contributed by atoms with Crippen molar-refractivity contribution in [1.29, 1.82) is 0 Å². The summed E-state index contributed by atoms with van der Waals surface area (Å²) < 4.78 is 31.6. The van der Waals surface area contributed by atoms with E-state index in [0.29, 0.717) is 17.7 Å². The van der Waals surface area contributed by atoms with Gasteiger partial charge in [0.05, 0.1) is 25.1 Å². The van der Waals surface area contributed by atoms with Crippen LogP contribution in [-0.4, -0.2) is 17.1 Å². The zero-order valence-electron chi connectivity index (χ0n) is 10.1. The van der Waals surface area contributed by atoms with Crippen LogP contribution in [0.3, 0.4) is 0 Å². The molecule has 5 heteroatoms. The third-order valence-electron chi connectivity index (χ3n) is 2.58. The summed E-state index contributed by atoms with van der Waals surface area (Å²) in [6, 6.07) is 2.69. The molecule has 0 aliphatic rings. The van der Waals surface area contributed by atoms with Crippen molar-refractivity contribution in [3.8, 4) is 17.1 Å². The highest BCUT2D eigenvalue weighted by molar-refractivity contribution is 5.66. The summed E-state index contributed by atoms with van der Waals surface area (Å²) in [6.45, 7) is 1.90. The van der Waals surface area contributed by atoms with Crippen LogP contribution in [0.1, 0.15) is 12.5 Å². The average Bonchev–Trinajstić information content (AvgIpc) is 2.38. The molecule has 0 amide bonds. The Morgan fingerprint density at radius 2 is 1.78 bits per heavy atom. The molecule has 1 aromatic heterocycles. The van der Waals surface area contributed by atoms with Gasteiger partial charge in [-0.25, -0.2) is 18.7 Å². The fraction of sp³-hybridized carbons (Fsp3) is 0.231. The van der Waals surface area contributed by atoms with Gasteiger partial charge in [-0.15, -0.1) is 0 Å². The van der Waals surface area contributed by atoms with Crippen LogP contribution in [0.15, 0.2) is 24.5 Å².